The summed E-state index contributed by atoms with van der Waals surface area (Å²) in [6, 6.07) is -2.23. The standard InChI is InChI=1S/C11H19N3O6S/c1-21-3-2-6(12)10(19)14-7(4-8(15)16)11(20)13-5-9(17)18/h6-7H,2-5,12H2,1H3,(H,13,20)(H,14,19)(H,15,16)(H,17,18)/t6-,7-/m0/s1. The quantitative estimate of drug-likeness (QED) is 0.316. The van der Waals surface area contributed by atoms with E-state index in [1.807, 2.05) is 11.6 Å². The molecule has 6 N–H and O–H groups in total. The highest BCUT2D eigenvalue weighted by Gasteiger charge is 2.26. The highest BCUT2D eigenvalue weighted by Crippen LogP contribution is 2.00. The zero-order valence-corrected chi connectivity index (χ0v) is 12.3. The van der Waals surface area contributed by atoms with Crippen LogP contribution in [0, 0.1) is 0 Å². The number of carbonyl (C=O) groups is 4. The monoisotopic (exact) mass is 321 g/mol. The number of nitrogens with one attached hydrogen (secondary N) is 2. The van der Waals surface area contributed by atoms with Gasteiger partial charge < -0.3 is 26.6 Å². The predicted octanol–water partition coefficient (Wildman–Crippen LogP) is -1.77. The number of thioether (sulfide) groups is 1. The average molecular weight is 321 g/mol. The summed E-state index contributed by atoms with van der Waals surface area (Å²) in [6.07, 6.45) is 1.56. The van der Waals surface area contributed by atoms with Gasteiger partial charge in [-0.15, -0.1) is 0 Å². The van der Waals surface area contributed by atoms with Gasteiger partial charge in [-0.05, 0) is 18.4 Å². The number of nitrogens with two attached hydrogens (primary N) is 1. The largest absolute Gasteiger partial charge is 0.481 e. The number of rotatable bonds is 10. The van der Waals surface area contributed by atoms with E-state index in [4.69, 9.17) is 15.9 Å². The molecule has 0 rings (SSSR count). The van der Waals surface area contributed by atoms with Crippen molar-refractivity contribution in [1.29, 1.82) is 0 Å². The second-order valence-electron chi connectivity index (χ2n) is 4.16. The van der Waals surface area contributed by atoms with Crippen LogP contribution >= 0.6 is 11.8 Å². The Morgan fingerprint density at radius 2 is 1.76 bits per heavy atom. The number of carboxylic acid groups (broad SMARTS) is 2. The van der Waals surface area contributed by atoms with Gasteiger partial charge in [-0.1, -0.05) is 0 Å². The number of aliphatic carboxylic acids is 2. The molecule has 0 aromatic heterocycles. The van der Waals surface area contributed by atoms with Crippen LogP contribution in [0.2, 0.25) is 0 Å². The first kappa shape index (κ1) is 19.2. The van der Waals surface area contributed by atoms with Crippen LogP contribution < -0.4 is 16.4 Å². The molecule has 0 heterocycles. The predicted molar refractivity (Wildman–Crippen MR) is 75.8 cm³/mol. The fourth-order valence-electron chi connectivity index (χ4n) is 1.32. The Morgan fingerprint density at radius 3 is 2.24 bits per heavy atom. The van der Waals surface area contributed by atoms with Crippen molar-refractivity contribution >= 4 is 35.5 Å². The first-order valence-corrected chi connectivity index (χ1v) is 7.43. The summed E-state index contributed by atoms with van der Waals surface area (Å²) in [5.41, 5.74) is 5.61. The van der Waals surface area contributed by atoms with Crippen LogP contribution in [0.3, 0.4) is 0 Å². The van der Waals surface area contributed by atoms with E-state index < -0.39 is 48.8 Å². The van der Waals surface area contributed by atoms with Crippen LogP contribution in [-0.4, -0.2) is 64.6 Å². The van der Waals surface area contributed by atoms with Gasteiger partial charge in [0.15, 0.2) is 0 Å². The third-order valence-electron chi connectivity index (χ3n) is 2.40. The molecule has 0 aliphatic carbocycles. The first-order valence-electron chi connectivity index (χ1n) is 6.04. The van der Waals surface area contributed by atoms with Gasteiger partial charge in [0.25, 0.3) is 0 Å². The molecule has 0 unspecified atom stereocenters. The Kier molecular flexibility index (Phi) is 9.13. The number of carboxylic acids is 2. The van der Waals surface area contributed by atoms with Crippen molar-refractivity contribution in [2.24, 2.45) is 5.73 Å². The molecule has 10 heteroatoms. The SMILES string of the molecule is CSCC[C@H](N)C(=O)N[C@@H](CC(=O)O)C(=O)NCC(=O)O. The van der Waals surface area contributed by atoms with Gasteiger partial charge in [0.1, 0.15) is 12.6 Å². The third kappa shape index (κ3) is 8.87. The van der Waals surface area contributed by atoms with Crippen molar-refractivity contribution in [2.75, 3.05) is 18.6 Å². The second kappa shape index (κ2) is 10.00. The number of hydrogen-bond donors (Lipinski definition) is 5. The van der Waals surface area contributed by atoms with E-state index in [0.29, 0.717) is 12.2 Å². The third-order valence-corrected chi connectivity index (χ3v) is 3.04. The van der Waals surface area contributed by atoms with Crippen LogP contribution in [0.4, 0.5) is 0 Å². The van der Waals surface area contributed by atoms with Gasteiger partial charge in [-0.3, -0.25) is 19.2 Å². The molecule has 2 amide bonds. The van der Waals surface area contributed by atoms with Gasteiger partial charge in [-0.25, -0.2) is 0 Å². The maximum atomic E-state index is 11.7. The highest BCUT2D eigenvalue weighted by molar-refractivity contribution is 7.98. The molecule has 0 aliphatic heterocycles. The van der Waals surface area contributed by atoms with Crippen LogP contribution in [0.15, 0.2) is 0 Å². The minimum Gasteiger partial charge on any atom is -0.481 e. The lowest BCUT2D eigenvalue weighted by Gasteiger charge is -2.18. The smallest absolute Gasteiger partial charge is 0.322 e. The van der Waals surface area contributed by atoms with Gasteiger partial charge in [0.2, 0.25) is 11.8 Å². The van der Waals surface area contributed by atoms with E-state index in [1.54, 1.807) is 0 Å². The summed E-state index contributed by atoms with van der Waals surface area (Å²) in [6.45, 7) is -0.663. The molecule has 21 heavy (non-hydrogen) atoms. The summed E-state index contributed by atoms with van der Waals surface area (Å²) in [4.78, 5) is 44.5. The number of hydrogen-bond acceptors (Lipinski definition) is 6. The molecular weight excluding hydrogens is 302 g/mol. The van der Waals surface area contributed by atoms with E-state index in [-0.39, 0.29) is 0 Å². The lowest BCUT2D eigenvalue weighted by molar-refractivity contribution is -0.141. The van der Waals surface area contributed by atoms with Crippen molar-refractivity contribution in [3.63, 3.8) is 0 Å². The maximum Gasteiger partial charge on any atom is 0.322 e. The molecule has 0 saturated carbocycles. The Labute approximate surface area is 125 Å². The van der Waals surface area contributed by atoms with Crippen LogP contribution in [0.1, 0.15) is 12.8 Å². The summed E-state index contributed by atoms with van der Waals surface area (Å²) < 4.78 is 0. The Morgan fingerprint density at radius 1 is 1.14 bits per heavy atom. The van der Waals surface area contributed by atoms with E-state index in [0.717, 1.165) is 0 Å². The molecule has 0 spiro atoms. The molecular formula is C11H19N3O6S. The molecule has 0 aromatic carbocycles. The van der Waals surface area contributed by atoms with E-state index in [1.165, 1.54) is 11.8 Å². The number of amides is 2. The molecule has 0 saturated heterocycles. The maximum absolute atomic E-state index is 11.7. The van der Waals surface area contributed by atoms with Crippen LogP contribution in [-0.2, 0) is 19.2 Å². The normalized spacial score (nSPS) is 13.0. The Balaban J connectivity index is 4.60. The van der Waals surface area contributed by atoms with Crippen molar-refractivity contribution in [1.82, 2.24) is 10.6 Å². The lowest BCUT2D eigenvalue weighted by atomic mass is 10.1. The fourth-order valence-corrected chi connectivity index (χ4v) is 1.81. The summed E-state index contributed by atoms with van der Waals surface area (Å²) in [7, 11) is 0. The average Bonchev–Trinajstić information content (AvgIpc) is 2.40. The van der Waals surface area contributed by atoms with E-state index in [2.05, 4.69) is 5.32 Å². The van der Waals surface area contributed by atoms with Crippen molar-refractivity contribution < 1.29 is 29.4 Å². The Hall–Kier alpha value is -1.81. The van der Waals surface area contributed by atoms with Gasteiger partial charge in [0, 0.05) is 0 Å². The van der Waals surface area contributed by atoms with Crippen molar-refractivity contribution in [3.8, 4) is 0 Å². The van der Waals surface area contributed by atoms with Crippen molar-refractivity contribution in [3.05, 3.63) is 0 Å². The number of carbonyl (C=O) groups excluding carboxylic acids is 2. The molecule has 0 aliphatic rings. The molecule has 9 nitrogen and oxygen atoms in total. The van der Waals surface area contributed by atoms with E-state index >= 15 is 0 Å². The molecule has 120 valence electrons. The van der Waals surface area contributed by atoms with E-state index in [9.17, 15) is 19.2 Å². The molecule has 0 bridgehead atoms. The summed E-state index contributed by atoms with van der Waals surface area (Å²) in [5, 5.41) is 21.4. The zero-order chi connectivity index (χ0) is 16.4. The van der Waals surface area contributed by atoms with Gasteiger partial charge in [-0.2, -0.15) is 11.8 Å². The van der Waals surface area contributed by atoms with Crippen molar-refractivity contribution in [2.45, 2.75) is 24.9 Å². The second-order valence-corrected chi connectivity index (χ2v) is 5.14. The lowest BCUT2D eigenvalue weighted by Crippen LogP contribution is -2.53. The van der Waals surface area contributed by atoms with Crippen LogP contribution in [0.5, 0.6) is 0 Å². The van der Waals surface area contributed by atoms with Gasteiger partial charge >= 0.3 is 11.9 Å². The topological polar surface area (TPSA) is 159 Å². The molecule has 0 radical (unpaired) electrons. The summed E-state index contributed by atoms with van der Waals surface area (Å²) in [5.74, 6) is -3.47. The Bertz CT molecular complexity index is 403. The molecule has 0 aromatic rings. The highest BCUT2D eigenvalue weighted by atomic mass is 32.2. The minimum atomic E-state index is -1.37. The molecule has 2 atom stereocenters. The zero-order valence-electron chi connectivity index (χ0n) is 11.5. The molecule has 0 fully saturated rings. The van der Waals surface area contributed by atoms with Crippen LogP contribution in [0.25, 0.3) is 0 Å². The first-order chi connectivity index (χ1) is 9.77. The minimum absolute atomic E-state index is 0.379. The summed E-state index contributed by atoms with van der Waals surface area (Å²) >= 11 is 1.50. The fraction of sp³-hybridized carbons (Fsp3) is 0.636. The van der Waals surface area contributed by atoms with Gasteiger partial charge in [0.05, 0.1) is 12.5 Å².